The number of rotatable bonds is 4. The molecule has 4 nitrogen and oxygen atoms in total. The molecule has 0 atom stereocenters. The zero-order valence-corrected chi connectivity index (χ0v) is 16.4. The number of nitrogens with zero attached hydrogens (tertiary/aromatic N) is 2. The fourth-order valence-electron chi connectivity index (χ4n) is 3.28. The first-order valence-corrected chi connectivity index (χ1v) is 9.58. The van der Waals surface area contributed by atoms with Gasteiger partial charge in [0.1, 0.15) is 5.82 Å². The maximum absolute atomic E-state index is 13.4. The summed E-state index contributed by atoms with van der Waals surface area (Å²) in [6.45, 7) is 5.87. The Morgan fingerprint density at radius 1 is 1.04 bits per heavy atom. The molecule has 1 aromatic heterocycles. The van der Waals surface area contributed by atoms with Crippen molar-refractivity contribution in [2.24, 2.45) is 0 Å². The van der Waals surface area contributed by atoms with Crippen molar-refractivity contribution in [2.45, 2.75) is 45.2 Å². The van der Waals surface area contributed by atoms with Gasteiger partial charge in [0.25, 0.3) is 5.91 Å². The number of hydrogen-bond donors (Lipinski definition) is 1. The third-order valence-corrected chi connectivity index (χ3v) is 4.72. The van der Waals surface area contributed by atoms with E-state index in [9.17, 15) is 9.18 Å². The van der Waals surface area contributed by atoms with Gasteiger partial charge in [-0.25, -0.2) is 4.39 Å². The summed E-state index contributed by atoms with van der Waals surface area (Å²) in [6.07, 6.45) is 4.06. The van der Waals surface area contributed by atoms with E-state index in [4.69, 9.17) is 0 Å². The van der Waals surface area contributed by atoms with E-state index in [-0.39, 0.29) is 17.3 Å². The lowest BCUT2D eigenvalue weighted by Crippen LogP contribution is -2.40. The molecule has 1 amide bonds. The first kappa shape index (κ1) is 18.4. The summed E-state index contributed by atoms with van der Waals surface area (Å²) in [5.41, 5.74) is 3.92. The molecule has 1 fully saturated rings. The summed E-state index contributed by atoms with van der Waals surface area (Å²) in [5.74, 6) is -0.410. The molecule has 5 heteroatoms. The van der Waals surface area contributed by atoms with Gasteiger partial charge in [0, 0.05) is 22.9 Å². The highest BCUT2D eigenvalue weighted by Crippen LogP contribution is 2.38. The molecule has 0 saturated heterocycles. The number of benzene rings is 2. The van der Waals surface area contributed by atoms with Gasteiger partial charge in [-0.15, -0.1) is 0 Å². The van der Waals surface area contributed by atoms with Gasteiger partial charge < -0.3 is 5.32 Å². The summed E-state index contributed by atoms with van der Waals surface area (Å²) in [7, 11) is 0. The lowest BCUT2D eigenvalue weighted by atomic mass is 9.97. The third-order valence-electron chi connectivity index (χ3n) is 4.72. The average molecular weight is 377 g/mol. The minimum absolute atomic E-state index is 0.129. The number of amides is 1. The van der Waals surface area contributed by atoms with Crippen LogP contribution in [0.15, 0.2) is 54.7 Å². The quantitative estimate of drug-likeness (QED) is 0.678. The number of hydrogen-bond acceptors (Lipinski definition) is 2. The Morgan fingerprint density at radius 2 is 1.71 bits per heavy atom. The van der Waals surface area contributed by atoms with Gasteiger partial charge in [0.2, 0.25) is 0 Å². The molecule has 144 valence electrons. The SMILES string of the molecule is CC(C)(C)NC(=O)c1cc(-c2ccc(F)cc2)cc(-c2ccnn2C2CC2)c1. The molecule has 1 aliphatic carbocycles. The first-order chi connectivity index (χ1) is 13.3. The second kappa shape index (κ2) is 6.89. The average Bonchev–Trinajstić information content (AvgIpc) is 3.37. The molecule has 0 bridgehead atoms. The smallest absolute Gasteiger partial charge is 0.251 e. The van der Waals surface area contributed by atoms with Crippen molar-refractivity contribution >= 4 is 5.91 Å². The van der Waals surface area contributed by atoms with Crippen molar-refractivity contribution in [3.63, 3.8) is 0 Å². The van der Waals surface area contributed by atoms with E-state index in [1.165, 1.54) is 12.1 Å². The molecular formula is C23H24FN3O. The van der Waals surface area contributed by atoms with Crippen LogP contribution in [0.5, 0.6) is 0 Å². The second-order valence-electron chi connectivity index (χ2n) is 8.40. The summed E-state index contributed by atoms with van der Waals surface area (Å²) >= 11 is 0. The zero-order valence-electron chi connectivity index (χ0n) is 16.4. The van der Waals surface area contributed by atoms with Gasteiger partial charge in [0.05, 0.1) is 11.7 Å². The highest BCUT2D eigenvalue weighted by Gasteiger charge is 2.27. The molecule has 1 heterocycles. The number of aromatic nitrogens is 2. The molecule has 4 rings (SSSR count). The van der Waals surface area contributed by atoms with Gasteiger partial charge in [-0.1, -0.05) is 12.1 Å². The highest BCUT2D eigenvalue weighted by molar-refractivity contribution is 5.97. The molecule has 1 saturated carbocycles. The Bertz CT molecular complexity index is 1010. The van der Waals surface area contributed by atoms with Gasteiger partial charge in [0.15, 0.2) is 0 Å². The lowest BCUT2D eigenvalue weighted by Gasteiger charge is -2.21. The van der Waals surface area contributed by atoms with Crippen LogP contribution in [0, 0.1) is 5.82 Å². The van der Waals surface area contributed by atoms with E-state index in [0.717, 1.165) is 35.2 Å². The maximum Gasteiger partial charge on any atom is 0.251 e. The van der Waals surface area contributed by atoms with Gasteiger partial charge >= 0.3 is 0 Å². The Hall–Kier alpha value is -2.95. The Balaban J connectivity index is 1.82. The van der Waals surface area contributed by atoms with Crippen LogP contribution in [-0.4, -0.2) is 21.2 Å². The molecule has 2 aromatic carbocycles. The summed E-state index contributed by atoms with van der Waals surface area (Å²) in [6, 6.07) is 14.6. The van der Waals surface area contributed by atoms with Crippen molar-refractivity contribution < 1.29 is 9.18 Å². The summed E-state index contributed by atoms with van der Waals surface area (Å²) in [4.78, 5) is 12.9. The van der Waals surface area contributed by atoms with Crippen molar-refractivity contribution in [1.29, 1.82) is 0 Å². The molecule has 3 aromatic rings. The van der Waals surface area contributed by atoms with E-state index in [0.29, 0.717) is 11.6 Å². The second-order valence-corrected chi connectivity index (χ2v) is 8.40. The van der Waals surface area contributed by atoms with Crippen molar-refractivity contribution in [3.05, 3.63) is 66.1 Å². The third kappa shape index (κ3) is 3.98. The molecule has 1 aliphatic rings. The largest absolute Gasteiger partial charge is 0.347 e. The zero-order chi connectivity index (χ0) is 19.9. The Kier molecular flexibility index (Phi) is 4.53. The van der Waals surface area contributed by atoms with Crippen LogP contribution in [0.2, 0.25) is 0 Å². The molecule has 28 heavy (non-hydrogen) atoms. The van der Waals surface area contributed by atoms with E-state index >= 15 is 0 Å². The first-order valence-electron chi connectivity index (χ1n) is 9.58. The minimum Gasteiger partial charge on any atom is -0.347 e. The number of nitrogens with one attached hydrogen (secondary N) is 1. The molecular weight excluding hydrogens is 353 g/mol. The molecule has 0 radical (unpaired) electrons. The molecule has 0 unspecified atom stereocenters. The van der Waals surface area contributed by atoms with Gasteiger partial charge in [-0.2, -0.15) is 5.10 Å². The highest BCUT2D eigenvalue weighted by atomic mass is 19.1. The van der Waals surface area contributed by atoms with Gasteiger partial charge in [-0.3, -0.25) is 9.48 Å². The van der Waals surface area contributed by atoms with Crippen LogP contribution >= 0.6 is 0 Å². The van der Waals surface area contributed by atoms with Crippen LogP contribution < -0.4 is 5.32 Å². The minimum atomic E-state index is -0.334. The van der Waals surface area contributed by atoms with Crippen LogP contribution in [0.1, 0.15) is 50.0 Å². The van der Waals surface area contributed by atoms with Crippen LogP contribution in [0.4, 0.5) is 4.39 Å². The van der Waals surface area contributed by atoms with E-state index in [2.05, 4.69) is 10.4 Å². The van der Waals surface area contributed by atoms with Crippen LogP contribution in [0.3, 0.4) is 0 Å². The van der Waals surface area contributed by atoms with Crippen molar-refractivity contribution in [3.8, 4) is 22.4 Å². The van der Waals surface area contributed by atoms with Crippen molar-refractivity contribution in [2.75, 3.05) is 0 Å². The molecule has 0 aliphatic heterocycles. The number of carbonyl (C=O) groups is 1. The number of halogens is 1. The summed E-state index contributed by atoms with van der Waals surface area (Å²) in [5, 5.41) is 7.49. The van der Waals surface area contributed by atoms with Crippen LogP contribution in [0.25, 0.3) is 22.4 Å². The normalized spacial score (nSPS) is 14.1. The fraction of sp³-hybridized carbons (Fsp3) is 0.304. The summed E-state index contributed by atoms with van der Waals surface area (Å²) < 4.78 is 15.4. The monoisotopic (exact) mass is 377 g/mol. The predicted octanol–water partition coefficient (Wildman–Crippen LogP) is 5.22. The van der Waals surface area contributed by atoms with Gasteiger partial charge in [-0.05, 0) is 81.1 Å². The predicted molar refractivity (Wildman–Crippen MR) is 109 cm³/mol. The molecule has 0 spiro atoms. The Morgan fingerprint density at radius 3 is 2.36 bits per heavy atom. The van der Waals surface area contributed by atoms with Crippen molar-refractivity contribution in [1.82, 2.24) is 15.1 Å². The fourth-order valence-corrected chi connectivity index (χ4v) is 3.28. The van der Waals surface area contributed by atoms with Crippen LogP contribution in [-0.2, 0) is 0 Å². The molecule has 1 N–H and O–H groups in total. The maximum atomic E-state index is 13.4. The lowest BCUT2D eigenvalue weighted by molar-refractivity contribution is 0.0919. The number of carbonyl (C=O) groups excluding carboxylic acids is 1. The topological polar surface area (TPSA) is 46.9 Å². The van der Waals surface area contributed by atoms with E-state index < -0.39 is 0 Å². The van der Waals surface area contributed by atoms with E-state index in [1.54, 1.807) is 18.3 Å². The van der Waals surface area contributed by atoms with E-state index in [1.807, 2.05) is 49.7 Å². The standard InChI is InChI=1S/C23H24FN3O/c1-23(2,3)26-22(28)18-13-16(15-4-6-19(24)7-5-15)12-17(14-18)21-10-11-25-27(21)20-8-9-20/h4-7,10-14,20H,8-9H2,1-3H3,(H,26,28). The Labute approximate surface area is 164 Å².